The van der Waals surface area contributed by atoms with Crippen LogP contribution in [0.15, 0.2) is 23.8 Å². The molecule has 130 valence electrons. The molecule has 0 saturated carbocycles. The molecule has 1 unspecified atom stereocenters. The number of cyclic esters (lactones) is 1. The second-order valence-corrected chi connectivity index (χ2v) is 6.98. The van der Waals surface area contributed by atoms with Crippen molar-refractivity contribution in [3.63, 3.8) is 0 Å². The quantitative estimate of drug-likeness (QED) is 0.828. The molecular formula is C16H17N5O3S. The van der Waals surface area contributed by atoms with Crippen LogP contribution in [0.2, 0.25) is 0 Å². The molecule has 2 aromatic heterocycles. The Morgan fingerprint density at radius 1 is 1.36 bits per heavy atom. The minimum atomic E-state index is -0.424. The van der Waals surface area contributed by atoms with Gasteiger partial charge in [0.15, 0.2) is 10.8 Å². The third-order valence-corrected chi connectivity index (χ3v) is 5.60. The lowest BCUT2D eigenvalue weighted by atomic mass is 9.93. The van der Waals surface area contributed by atoms with Gasteiger partial charge < -0.3 is 9.64 Å². The van der Waals surface area contributed by atoms with Crippen LogP contribution < -0.4 is 0 Å². The van der Waals surface area contributed by atoms with E-state index in [1.54, 1.807) is 33.6 Å². The Bertz CT molecular complexity index is 811. The average Bonchev–Trinajstić information content (AvgIpc) is 3.27. The molecule has 2 fully saturated rings. The second kappa shape index (κ2) is 6.07. The molecule has 0 N–H and O–H groups in total. The third kappa shape index (κ3) is 2.64. The zero-order chi connectivity index (χ0) is 17.4. The van der Waals surface area contributed by atoms with E-state index >= 15 is 0 Å². The van der Waals surface area contributed by atoms with E-state index in [0.717, 1.165) is 6.42 Å². The molecule has 8 nitrogen and oxygen atoms in total. The van der Waals surface area contributed by atoms with Crippen LogP contribution >= 0.6 is 11.3 Å². The number of aromatic nitrogens is 3. The fourth-order valence-corrected chi connectivity index (χ4v) is 4.02. The maximum Gasteiger partial charge on any atom is 0.410 e. The number of nitrogens with zero attached hydrogens (tertiary/aromatic N) is 5. The van der Waals surface area contributed by atoms with E-state index in [2.05, 4.69) is 15.0 Å². The largest absolute Gasteiger partial charge is 0.447 e. The van der Waals surface area contributed by atoms with Gasteiger partial charge in [0.2, 0.25) is 0 Å². The smallest absolute Gasteiger partial charge is 0.410 e. The average molecular weight is 359 g/mol. The number of rotatable bonds is 3. The van der Waals surface area contributed by atoms with E-state index in [1.165, 1.54) is 11.3 Å². The maximum atomic E-state index is 12.9. The first-order chi connectivity index (χ1) is 12.1. The second-order valence-electron chi connectivity index (χ2n) is 6.12. The molecule has 2 aliphatic rings. The molecule has 1 atom stereocenters. The third-order valence-electron chi connectivity index (χ3n) is 4.76. The first-order valence-electron chi connectivity index (χ1n) is 8.09. The summed E-state index contributed by atoms with van der Waals surface area (Å²) in [6, 6.07) is 1.73. The van der Waals surface area contributed by atoms with Gasteiger partial charge in [0.1, 0.15) is 12.3 Å². The molecule has 0 spiro atoms. The lowest BCUT2D eigenvalue weighted by Gasteiger charge is -2.44. The van der Waals surface area contributed by atoms with Crippen molar-refractivity contribution in [3.8, 4) is 10.8 Å². The minimum absolute atomic E-state index is 0.134. The van der Waals surface area contributed by atoms with Crippen molar-refractivity contribution in [2.45, 2.75) is 18.9 Å². The van der Waals surface area contributed by atoms with Gasteiger partial charge in [0, 0.05) is 37.4 Å². The van der Waals surface area contributed by atoms with Crippen molar-refractivity contribution >= 4 is 23.3 Å². The standard InChI is InChI=1S/C16H17N5O3S/c1-2-16-9-20(6-7-21(16)15(23)24-10-16)14(22)11-8-25-13(19-11)12-17-4-3-5-18-12/h3-5,8H,2,6-7,9-10H2,1H3. The van der Waals surface area contributed by atoms with Gasteiger partial charge in [-0.1, -0.05) is 6.92 Å². The van der Waals surface area contributed by atoms with Crippen LogP contribution in [0.3, 0.4) is 0 Å². The molecule has 25 heavy (non-hydrogen) atoms. The molecule has 2 aromatic rings. The van der Waals surface area contributed by atoms with E-state index in [0.29, 0.717) is 42.8 Å². The number of ether oxygens (including phenoxy) is 1. The Labute approximate surface area is 148 Å². The normalized spacial score (nSPS) is 22.7. The number of hydrogen-bond donors (Lipinski definition) is 0. The molecule has 4 heterocycles. The van der Waals surface area contributed by atoms with Crippen molar-refractivity contribution in [2.24, 2.45) is 0 Å². The van der Waals surface area contributed by atoms with Crippen LogP contribution in [0, 0.1) is 0 Å². The van der Waals surface area contributed by atoms with Gasteiger partial charge in [-0.2, -0.15) is 0 Å². The SMILES string of the molecule is CCC12COC(=O)N1CCN(C(=O)c1csc(-c3ncccn3)n1)C2. The molecule has 2 aliphatic heterocycles. The van der Waals surface area contributed by atoms with Gasteiger partial charge in [-0.3, -0.25) is 9.69 Å². The molecule has 0 radical (unpaired) electrons. The Hall–Kier alpha value is -2.55. The molecule has 0 aromatic carbocycles. The summed E-state index contributed by atoms with van der Waals surface area (Å²) in [5, 5.41) is 2.35. The summed E-state index contributed by atoms with van der Waals surface area (Å²) in [5.41, 5.74) is -0.0377. The Morgan fingerprint density at radius 2 is 2.16 bits per heavy atom. The summed E-state index contributed by atoms with van der Waals surface area (Å²) >= 11 is 1.35. The number of fused-ring (bicyclic) bond motifs is 1. The number of amides is 2. The fraction of sp³-hybridized carbons (Fsp3) is 0.438. The summed E-state index contributed by atoms with van der Waals surface area (Å²) < 4.78 is 5.21. The van der Waals surface area contributed by atoms with Crippen LogP contribution in [0.25, 0.3) is 10.8 Å². The molecule has 9 heteroatoms. The van der Waals surface area contributed by atoms with Crippen molar-refractivity contribution in [1.82, 2.24) is 24.8 Å². The minimum Gasteiger partial charge on any atom is -0.447 e. The lowest BCUT2D eigenvalue weighted by Crippen LogP contribution is -2.62. The Kier molecular flexibility index (Phi) is 3.87. The number of carbonyl (C=O) groups excluding carboxylic acids is 2. The monoisotopic (exact) mass is 359 g/mol. The molecule has 0 aliphatic carbocycles. The zero-order valence-corrected chi connectivity index (χ0v) is 14.5. The highest BCUT2D eigenvalue weighted by Crippen LogP contribution is 2.32. The van der Waals surface area contributed by atoms with E-state index in [9.17, 15) is 9.59 Å². The van der Waals surface area contributed by atoms with Crippen LogP contribution in [0.5, 0.6) is 0 Å². The van der Waals surface area contributed by atoms with E-state index in [1.807, 2.05) is 6.92 Å². The van der Waals surface area contributed by atoms with Gasteiger partial charge in [0.25, 0.3) is 5.91 Å². The van der Waals surface area contributed by atoms with E-state index in [4.69, 9.17) is 4.74 Å². The predicted octanol–water partition coefficient (Wildman–Crippen LogP) is 1.66. The van der Waals surface area contributed by atoms with Crippen molar-refractivity contribution in [2.75, 3.05) is 26.2 Å². The first kappa shape index (κ1) is 15.9. The van der Waals surface area contributed by atoms with Crippen molar-refractivity contribution in [3.05, 3.63) is 29.5 Å². The van der Waals surface area contributed by atoms with Gasteiger partial charge in [0.05, 0.1) is 5.54 Å². The topological polar surface area (TPSA) is 88.5 Å². The highest BCUT2D eigenvalue weighted by atomic mass is 32.1. The molecule has 4 rings (SSSR count). The van der Waals surface area contributed by atoms with Crippen LogP contribution in [0.4, 0.5) is 4.79 Å². The lowest BCUT2D eigenvalue weighted by molar-refractivity contribution is 0.0358. The van der Waals surface area contributed by atoms with Crippen molar-refractivity contribution < 1.29 is 14.3 Å². The van der Waals surface area contributed by atoms with Crippen LogP contribution in [-0.2, 0) is 4.74 Å². The van der Waals surface area contributed by atoms with Crippen LogP contribution in [-0.4, -0.2) is 68.5 Å². The number of thiazole rings is 1. The van der Waals surface area contributed by atoms with Gasteiger partial charge in [-0.25, -0.2) is 19.7 Å². The van der Waals surface area contributed by atoms with Gasteiger partial charge >= 0.3 is 6.09 Å². The molecule has 2 amide bonds. The van der Waals surface area contributed by atoms with Gasteiger partial charge in [-0.05, 0) is 12.5 Å². The maximum absolute atomic E-state index is 12.9. The molecule has 0 bridgehead atoms. The summed E-state index contributed by atoms with van der Waals surface area (Å²) in [7, 11) is 0. The predicted molar refractivity (Wildman–Crippen MR) is 90.1 cm³/mol. The Balaban J connectivity index is 1.54. The van der Waals surface area contributed by atoms with Crippen LogP contribution in [0.1, 0.15) is 23.8 Å². The summed E-state index contributed by atoms with van der Waals surface area (Å²) in [5.74, 6) is 0.376. The van der Waals surface area contributed by atoms with E-state index in [-0.39, 0.29) is 12.0 Å². The number of piperazine rings is 1. The number of hydrogen-bond acceptors (Lipinski definition) is 7. The van der Waals surface area contributed by atoms with E-state index < -0.39 is 5.54 Å². The summed E-state index contributed by atoms with van der Waals surface area (Å²) in [6.07, 6.45) is 3.74. The highest BCUT2D eigenvalue weighted by Gasteiger charge is 2.50. The summed E-state index contributed by atoms with van der Waals surface area (Å²) in [4.78, 5) is 40.9. The Morgan fingerprint density at radius 3 is 2.92 bits per heavy atom. The summed E-state index contributed by atoms with van der Waals surface area (Å²) in [6.45, 7) is 3.76. The van der Waals surface area contributed by atoms with Gasteiger partial charge in [-0.15, -0.1) is 11.3 Å². The molecule has 2 saturated heterocycles. The number of carbonyl (C=O) groups is 2. The zero-order valence-electron chi connectivity index (χ0n) is 13.7. The fourth-order valence-electron chi connectivity index (χ4n) is 3.28. The highest BCUT2D eigenvalue weighted by molar-refractivity contribution is 7.13. The van der Waals surface area contributed by atoms with Crippen molar-refractivity contribution in [1.29, 1.82) is 0 Å². The molecular weight excluding hydrogens is 342 g/mol. The first-order valence-corrected chi connectivity index (χ1v) is 8.97.